The summed E-state index contributed by atoms with van der Waals surface area (Å²) in [6, 6.07) is 15.3. The van der Waals surface area contributed by atoms with Gasteiger partial charge in [0.1, 0.15) is 6.54 Å². The maximum atomic E-state index is 14.0. The van der Waals surface area contributed by atoms with Crippen LogP contribution in [0.15, 0.2) is 59.1 Å². The summed E-state index contributed by atoms with van der Waals surface area (Å²) in [4.78, 5) is 28.3. The van der Waals surface area contributed by atoms with Crippen molar-refractivity contribution in [3.05, 3.63) is 80.8 Å². The van der Waals surface area contributed by atoms with Crippen LogP contribution in [0, 0.1) is 0 Å². The molecule has 0 saturated carbocycles. The minimum Gasteiger partial charge on any atom is -0.493 e. The van der Waals surface area contributed by atoms with E-state index < -0.39 is 11.9 Å². The standard InChI is InChI=1S/C25H22BrClN2O5/c1-32-20-10-14(11-21(33-2)24(20)34-3)25(31)29-13-22(30)28-19-9-8-15(26)12-17(19)23(29)16-6-4-5-7-18(16)27/h4-12,23H,13H2,1-3H3,(H,28,30)/t23-/m0/s1. The molecule has 2 amide bonds. The molecule has 1 heterocycles. The van der Waals surface area contributed by atoms with Gasteiger partial charge >= 0.3 is 0 Å². The van der Waals surface area contributed by atoms with Gasteiger partial charge in [0.05, 0.1) is 27.4 Å². The van der Waals surface area contributed by atoms with Gasteiger partial charge in [-0.25, -0.2) is 0 Å². The number of rotatable bonds is 5. The Kier molecular flexibility index (Phi) is 7.00. The Hall–Kier alpha value is -3.23. The van der Waals surface area contributed by atoms with Crippen LogP contribution in [-0.4, -0.2) is 44.6 Å². The van der Waals surface area contributed by atoms with Crippen molar-refractivity contribution in [3.63, 3.8) is 0 Å². The Bertz CT molecular complexity index is 1240. The lowest BCUT2D eigenvalue weighted by Crippen LogP contribution is -2.39. The Labute approximate surface area is 210 Å². The molecule has 9 heteroatoms. The molecule has 34 heavy (non-hydrogen) atoms. The molecule has 0 fully saturated rings. The van der Waals surface area contributed by atoms with E-state index in [0.717, 1.165) is 10.0 Å². The molecule has 0 spiro atoms. The topological polar surface area (TPSA) is 77.1 Å². The highest BCUT2D eigenvalue weighted by molar-refractivity contribution is 9.10. The molecular weight excluding hydrogens is 524 g/mol. The molecular formula is C25H22BrClN2O5. The van der Waals surface area contributed by atoms with Crippen LogP contribution in [-0.2, 0) is 4.79 Å². The predicted octanol–water partition coefficient (Wildman–Crippen LogP) is 5.31. The van der Waals surface area contributed by atoms with Crippen molar-refractivity contribution < 1.29 is 23.8 Å². The Morgan fingerprint density at radius 3 is 2.29 bits per heavy atom. The van der Waals surface area contributed by atoms with Gasteiger partial charge in [-0.15, -0.1) is 0 Å². The van der Waals surface area contributed by atoms with Gasteiger partial charge in [0.25, 0.3) is 5.91 Å². The van der Waals surface area contributed by atoms with E-state index >= 15 is 0 Å². The first-order valence-electron chi connectivity index (χ1n) is 10.3. The lowest BCUT2D eigenvalue weighted by Gasteiger charge is -2.31. The highest BCUT2D eigenvalue weighted by Crippen LogP contribution is 2.42. The Morgan fingerprint density at radius 2 is 1.68 bits per heavy atom. The first-order valence-corrected chi connectivity index (χ1v) is 11.5. The molecule has 0 radical (unpaired) electrons. The largest absolute Gasteiger partial charge is 0.493 e. The first-order chi connectivity index (χ1) is 16.4. The van der Waals surface area contributed by atoms with Gasteiger partial charge < -0.3 is 24.4 Å². The van der Waals surface area contributed by atoms with E-state index in [4.69, 9.17) is 25.8 Å². The van der Waals surface area contributed by atoms with Gasteiger partial charge in [-0.05, 0) is 42.0 Å². The van der Waals surface area contributed by atoms with E-state index in [1.807, 2.05) is 30.3 Å². The zero-order valence-corrected chi connectivity index (χ0v) is 21.1. The van der Waals surface area contributed by atoms with Crippen LogP contribution in [0.5, 0.6) is 17.2 Å². The van der Waals surface area contributed by atoms with Gasteiger partial charge in [0, 0.05) is 26.3 Å². The molecule has 1 aliphatic rings. The summed E-state index contributed by atoms with van der Waals surface area (Å²) in [5.41, 5.74) is 2.31. The van der Waals surface area contributed by atoms with Crippen LogP contribution in [0.1, 0.15) is 27.5 Å². The molecule has 0 bridgehead atoms. The number of anilines is 1. The summed E-state index contributed by atoms with van der Waals surface area (Å²) in [6.45, 7) is -0.183. The number of ether oxygens (including phenoxy) is 3. The van der Waals surface area contributed by atoms with Crippen LogP contribution < -0.4 is 19.5 Å². The third-order valence-corrected chi connectivity index (χ3v) is 6.42. The van der Waals surface area contributed by atoms with Gasteiger partial charge in [0.15, 0.2) is 11.5 Å². The Morgan fingerprint density at radius 1 is 1.00 bits per heavy atom. The van der Waals surface area contributed by atoms with Crippen LogP contribution in [0.25, 0.3) is 0 Å². The molecule has 3 aromatic carbocycles. The van der Waals surface area contributed by atoms with Crippen LogP contribution in [0.4, 0.5) is 5.69 Å². The molecule has 1 atom stereocenters. The minimum absolute atomic E-state index is 0.183. The van der Waals surface area contributed by atoms with Crippen molar-refractivity contribution in [2.24, 2.45) is 0 Å². The quantitative estimate of drug-likeness (QED) is 0.470. The fraction of sp³-hybridized carbons (Fsp3) is 0.200. The number of hydrogen-bond donors (Lipinski definition) is 1. The second kappa shape index (κ2) is 9.95. The summed E-state index contributed by atoms with van der Waals surface area (Å²) in [5.74, 6) is 0.321. The lowest BCUT2D eigenvalue weighted by molar-refractivity contribution is -0.117. The first kappa shape index (κ1) is 23.9. The number of carbonyl (C=O) groups is 2. The third-order valence-electron chi connectivity index (χ3n) is 5.58. The number of nitrogens with one attached hydrogen (secondary N) is 1. The maximum absolute atomic E-state index is 14.0. The average molecular weight is 546 g/mol. The van der Waals surface area contributed by atoms with Crippen molar-refractivity contribution in [1.29, 1.82) is 0 Å². The summed E-state index contributed by atoms with van der Waals surface area (Å²) >= 11 is 10.1. The van der Waals surface area contributed by atoms with Crippen molar-refractivity contribution in [2.45, 2.75) is 6.04 Å². The minimum atomic E-state index is -0.633. The fourth-order valence-electron chi connectivity index (χ4n) is 4.07. The number of carbonyl (C=O) groups excluding carboxylic acids is 2. The normalized spacial score (nSPS) is 15.1. The van der Waals surface area contributed by atoms with E-state index in [2.05, 4.69) is 21.2 Å². The number of methoxy groups -OCH3 is 3. The van der Waals surface area contributed by atoms with Crippen molar-refractivity contribution in [3.8, 4) is 17.2 Å². The summed E-state index contributed by atoms with van der Waals surface area (Å²) in [7, 11) is 4.44. The Balaban J connectivity index is 1.92. The molecule has 0 aliphatic carbocycles. The van der Waals surface area contributed by atoms with E-state index in [-0.39, 0.29) is 18.0 Å². The highest BCUT2D eigenvalue weighted by Gasteiger charge is 2.35. The summed E-state index contributed by atoms with van der Waals surface area (Å²) < 4.78 is 17.0. The van der Waals surface area contributed by atoms with Gasteiger partial charge in [-0.3, -0.25) is 9.59 Å². The van der Waals surface area contributed by atoms with Gasteiger partial charge in [0.2, 0.25) is 11.7 Å². The number of fused-ring (bicyclic) bond motifs is 1. The lowest BCUT2D eigenvalue weighted by atomic mass is 9.95. The van der Waals surface area contributed by atoms with Gasteiger partial charge in [-0.1, -0.05) is 45.7 Å². The smallest absolute Gasteiger partial charge is 0.255 e. The van der Waals surface area contributed by atoms with Crippen LogP contribution in [0.3, 0.4) is 0 Å². The molecule has 0 aromatic heterocycles. The molecule has 1 N–H and O–H groups in total. The van der Waals surface area contributed by atoms with E-state index in [1.54, 1.807) is 24.3 Å². The number of hydrogen-bond acceptors (Lipinski definition) is 5. The molecule has 4 rings (SSSR count). The van der Waals surface area contributed by atoms with E-state index in [9.17, 15) is 9.59 Å². The van der Waals surface area contributed by atoms with Crippen LogP contribution >= 0.6 is 27.5 Å². The van der Waals surface area contributed by atoms with Crippen molar-refractivity contribution >= 4 is 45.0 Å². The molecule has 176 valence electrons. The van der Waals surface area contributed by atoms with Crippen molar-refractivity contribution in [1.82, 2.24) is 4.90 Å². The highest BCUT2D eigenvalue weighted by atomic mass is 79.9. The van der Waals surface area contributed by atoms with Gasteiger partial charge in [-0.2, -0.15) is 0 Å². The molecule has 0 saturated heterocycles. The number of benzene rings is 3. The second-order valence-corrected chi connectivity index (χ2v) is 8.87. The van der Waals surface area contributed by atoms with Crippen LogP contribution in [0.2, 0.25) is 5.02 Å². The van der Waals surface area contributed by atoms with Crippen molar-refractivity contribution in [2.75, 3.05) is 33.2 Å². The summed E-state index contributed by atoms with van der Waals surface area (Å²) in [5, 5.41) is 3.38. The zero-order valence-electron chi connectivity index (χ0n) is 18.7. The molecule has 0 unspecified atom stereocenters. The molecule has 3 aromatic rings. The third kappa shape index (κ3) is 4.43. The predicted molar refractivity (Wildman–Crippen MR) is 133 cm³/mol. The number of amides is 2. The number of halogens is 2. The average Bonchev–Trinajstić information content (AvgIpc) is 2.98. The zero-order chi connectivity index (χ0) is 24.4. The van der Waals surface area contributed by atoms with E-state index in [0.29, 0.717) is 33.5 Å². The fourth-order valence-corrected chi connectivity index (χ4v) is 4.69. The van der Waals surface area contributed by atoms with E-state index in [1.165, 1.54) is 26.2 Å². The SMILES string of the molecule is COc1cc(C(=O)N2CC(=O)Nc3ccc(Br)cc3[C@@H]2c2ccccc2Cl)cc(OC)c1OC. The molecule has 1 aliphatic heterocycles. The summed E-state index contributed by atoms with van der Waals surface area (Å²) in [6.07, 6.45) is 0. The maximum Gasteiger partial charge on any atom is 0.255 e. The monoisotopic (exact) mass is 544 g/mol. The number of nitrogens with zero attached hydrogens (tertiary/aromatic N) is 1. The second-order valence-electron chi connectivity index (χ2n) is 7.55. The molecule has 7 nitrogen and oxygen atoms in total.